The molecule has 0 amide bonds. The van der Waals surface area contributed by atoms with Gasteiger partial charge in [0.15, 0.2) is 0 Å². The third-order valence-electron chi connectivity index (χ3n) is 4.00. The van der Waals surface area contributed by atoms with Crippen molar-refractivity contribution in [2.24, 2.45) is 10.1 Å². The van der Waals surface area contributed by atoms with E-state index in [4.69, 9.17) is 5.10 Å². The first-order chi connectivity index (χ1) is 12.1. The first-order valence-corrected chi connectivity index (χ1v) is 10.1. The Hall–Kier alpha value is -1.73. The summed E-state index contributed by atoms with van der Waals surface area (Å²) in [6.45, 7) is 7.06. The molecule has 0 spiro atoms. The quantitative estimate of drug-likeness (QED) is 0.376. The summed E-state index contributed by atoms with van der Waals surface area (Å²) in [4.78, 5) is 5.51. The van der Waals surface area contributed by atoms with Crippen molar-refractivity contribution in [3.05, 3.63) is 72.9 Å². The van der Waals surface area contributed by atoms with E-state index >= 15 is 0 Å². The summed E-state index contributed by atoms with van der Waals surface area (Å²) in [6.07, 6.45) is 1.91. The Bertz CT molecular complexity index is 983. The van der Waals surface area contributed by atoms with Crippen LogP contribution in [0.25, 0.3) is 11.3 Å². The van der Waals surface area contributed by atoms with E-state index in [1.165, 1.54) is 14.7 Å². The molecule has 0 radical (unpaired) electrons. The monoisotopic (exact) mass is 461 g/mol. The van der Waals surface area contributed by atoms with E-state index in [0.29, 0.717) is 0 Å². The molecule has 0 fully saturated rings. The fourth-order valence-corrected chi connectivity index (χ4v) is 3.88. The molecule has 0 unspecified atom stereocenters. The predicted octanol–water partition coefficient (Wildman–Crippen LogP) is 5.24. The lowest BCUT2D eigenvalue weighted by Gasteiger charge is -2.07. The van der Waals surface area contributed by atoms with Gasteiger partial charge in [-0.2, -0.15) is 5.10 Å². The van der Waals surface area contributed by atoms with Gasteiger partial charge in [0.1, 0.15) is 0 Å². The van der Waals surface area contributed by atoms with Crippen LogP contribution in [0.1, 0.15) is 23.6 Å². The number of halogens is 1. The maximum absolute atomic E-state index is 4.75. The number of aryl methyl sites for hydroxylation is 2. The summed E-state index contributed by atoms with van der Waals surface area (Å²) in [6, 6.07) is 14.8. The van der Waals surface area contributed by atoms with Gasteiger partial charge < -0.3 is 0 Å². The second-order valence-electron chi connectivity index (χ2n) is 5.75. The van der Waals surface area contributed by atoms with Crippen LogP contribution in [0.4, 0.5) is 0 Å². The molecule has 3 aromatic rings. The topological polar surface area (TPSA) is 29.6 Å². The number of aromatic nitrogens is 1. The molecule has 3 rings (SSSR count). The summed E-state index contributed by atoms with van der Waals surface area (Å²) in [5.41, 5.74) is 5.92. The van der Waals surface area contributed by atoms with Gasteiger partial charge in [-0.05, 0) is 66.6 Å². The molecule has 0 saturated heterocycles. The average Bonchev–Trinajstić information content (AvgIpc) is 3.00. The molecule has 1 aromatic heterocycles. The predicted molar refractivity (Wildman–Crippen MR) is 115 cm³/mol. The van der Waals surface area contributed by atoms with Gasteiger partial charge in [-0.25, -0.2) is 4.68 Å². The van der Waals surface area contributed by atoms with Crippen LogP contribution in [0, 0.1) is 17.4 Å². The minimum Gasteiger partial charge on any atom is -0.258 e. The van der Waals surface area contributed by atoms with Crippen molar-refractivity contribution < 1.29 is 0 Å². The molecule has 0 N–H and O–H groups in total. The summed E-state index contributed by atoms with van der Waals surface area (Å²) in [5, 5.41) is 6.88. The number of thiazole rings is 1. The zero-order valence-electron chi connectivity index (χ0n) is 14.5. The van der Waals surface area contributed by atoms with Crippen molar-refractivity contribution >= 4 is 40.1 Å². The average molecular weight is 461 g/mol. The van der Waals surface area contributed by atoms with Crippen LogP contribution in [0.2, 0.25) is 0 Å². The lowest BCUT2D eigenvalue weighted by Crippen LogP contribution is -2.12. The molecule has 0 atom stereocenters. The highest BCUT2D eigenvalue weighted by Crippen LogP contribution is 2.23. The first kappa shape index (κ1) is 18.1. The van der Waals surface area contributed by atoms with E-state index in [2.05, 4.69) is 77.1 Å². The van der Waals surface area contributed by atoms with Crippen molar-refractivity contribution in [3.8, 4) is 11.3 Å². The highest BCUT2D eigenvalue weighted by molar-refractivity contribution is 14.1. The molecule has 1 heterocycles. The number of hydrogen-bond donors (Lipinski definition) is 0. The third-order valence-corrected chi connectivity index (χ3v) is 5.84. The maximum atomic E-state index is 4.75. The van der Waals surface area contributed by atoms with E-state index in [9.17, 15) is 0 Å². The van der Waals surface area contributed by atoms with E-state index in [1.807, 2.05) is 29.9 Å². The molecule has 128 valence electrons. The minimum atomic E-state index is 0.741. The highest BCUT2D eigenvalue weighted by atomic mass is 127. The van der Waals surface area contributed by atoms with Crippen LogP contribution in [0.15, 0.2) is 57.9 Å². The van der Waals surface area contributed by atoms with Crippen LogP contribution in [-0.2, 0) is 0 Å². The molecule has 3 nitrogen and oxygen atoms in total. The lowest BCUT2D eigenvalue weighted by molar-refractivity contribution is 0.833. The standard InChI is InChI=1S/C20H20IN3S/c1-4-22-20-24(23-12-17-7-5-6-8-18(17)21)19(13-25-20)16-10-9-14(2)15(3)11-16/h5-13H,4H2,1-3H3/b22-20?,23-12-. The van der Waals surface area contributed by atoms with E-state index < -0.39 is 0 Å². The Kier molecular flexibility index (Phi) is 5.86. The molecule has 2 aromatic carbocycles. The second kappa shape index (κ2) is 8.10. The fraction of sp³-hybridized carbons (Fsp3) is 0.200. The zero-order valence-corrected chi connectivity index (χ0v) is 17.5. The molecular formula is C20H20IN3S. The zero-order chi connectivity index (χ0) is 17.8. The summed E-state index contributed by atoms with van der Waals surface area (Å²) < 4.78 is 3.13. The van der Waals surface area contributed by atoms with Crippen LogP contribution in [0.3, 0.4) is 0 Å². The fourth-order valence-electron chi connectivity index (χ4n) is 2.45. The summed E-state index contributed by atoms with van der Waals surface area (Å²) in [5.74, 6) is 0. The minimum absolute atomic E-state index is 0.741. The number of rotatable bonds is 4. The smallest absolute Gasteiger partial charge is 0.206 e. The maximum Gasteiger partial charge on any atom is 0.206 e. The Labute approximate surface area is 165 Å². The molecular weight excluding hydrogens is 441 g/mol. The molecule has 25 heavy (non-hydrogen) atoms. The largest absolute Gasteiger partial charge is 0.258 e. The SMILES string of the molecule is CCN=c1scc(-c2ccc(C)c(C)c2)n1/N=C\c1ccccc1I. The molecule has 5 heteroatoms. The van der Waals surface area contributed by atoms with Crippen molar-refractivity contribution in [1.82, 2.24) is 4.68 Å². The van der Waals surface area contributed by atoms with Crippen LogP contribution >= 0.6 is 33.9 Å². The lowest BCUT2D eigenvalue weighted by atomic mass is 10.1. The van der Waals surface area contributed by atoms with E-state index in [1.54, 1.807) is 11.3 Å². The second-order valence-corrected chi connectivity index (χ2v) is 7.75. The summed E-state index contributed by atoms with van der Waals surface area (Å²) >= 11 is 3.96. The van der Waals surface area contributed by atoms with Crippen molar-refractivity contribution in [1.29, 1.82) is 0 Å². The highest BCUT2D eigenvalue weighted by Gasteiger charge is 2.08. The van der Waals surface area contributed by atoms with Gasteiger partial charge in [0.05, 0.1) is 11.9 Å². The Morgan fingerprint density at radius 2 is 1.92 bits per heavy atom. The van der Waals surface area contributed by atoms with Gasteiger partial charge in [-0.3, -0.25) is 4.99 Å². The Morgan fingerprint density at radius 3 is 2.64 bits per heavy atom. The van der Waals surface area contributed by atoms with Crippen molar-refractivity contribution in [2.45, 2.75) is 20.8 Å². The Morgan fingerprint density at radius 1 is 1.12 bits per heavy atom. The molecule has 0 saturated carbocycles. The van der Waals surface area contributed by atoms with Gasteiger partial charge in [0.2, 0.25) is 4.80 Å². The molecule has 0 aliphatic rings. The number of hydrogen-bond acceptors (Lipinski definition) is 3. The number of benzene rings is 2. The van der Waals surface area contributed by atoms with Crippen LogP contribution in [0.5, 0.6) is 0 Å². The van der Waals surface area contributed by atoms with Crippen molar-refractivity contribution in [3.63, 3.8) is 0 Å². The van der Waals surface area contributed by atoms with Crippen LogP contribution in [-0.4, -0.2) is 17.4 Å². The van der Waals surface area contributed by atoms with Gasteiger partial charge in [-0.1, -0.05) is 30.3 Å². The third kappa shape index (κ3) is 4.10. The first-order valence-electron chi connectivity index (χ1n) is 8.17. The van der Waals surface area contributed by atoms with Crippen molar-refractivity contribution in [2.75, 3.05) is 6.54 Å². The molecule has 0 aliphatic heterocycles. The van der Waals surface area contributed by atoms with Gasteiger partial charge in [0, 0.05) is 26.6 Å². The molecule has 0 aliphatic carbocycles. The Balaban J connectivity index is 2.11. The van der Waals surface area contributed by atoms with Gasteiger partial charge in [-0.15, -0.1) is 11.3 Å². The van der Waals surface area contributed by atoms with E-state index in [-0.39, 0.29) is 0 Å². The molecule has 0 bridgehead atoms. The summed E-state index contributed by atoms with van der Waals surface area (Å²) in [7, 11) is 0. The van der Waals surface area contributed by atoms with Gasteiger partial charge >= 0.3 is 0 Å². The van der Waals surface area contributed by atoms with Crippen LogP contribution < -0.4 is 4.80 Å². The number of nitrogens with zero attached hydrogens (tertiary/aromatic N) is 3. The normalized spacial score (nSPS) is 12.2. The van der Waals surface area contributed by atoms with E-state index in [0.717, 1.165) is 28.2 Å². The van der Waals surface area contributed by atoms with Gasteiger partial charge in [0.25, 0.3) is 0 Å².